The maximum Gasteiger partial charge on any atom is 0.0339 e. The molecule has 0 aliphatic carbocycles. The van der Waals surface area contributed by atoms with Crippen LogP contribution in [0.2, 0.25) is 0 Å². The van der Waals surface area contributed by atoms with Gasteiger partial charge in [-0.3, -0.25) is 4.90 Å². The lowest BCUT2D eigenvalue weighted by Crippen LogP contribution is -2.26. The highest BCUT2D eigenvalue weighted by Gasteiger charge is 2.19. The number of hydrogen-bond acceptors (Lipinski definition) is 3. The fourth-order valence-electron chi connectivity index (χ4n) is 1.65. The Balaban J connectivity index is 0.000000980. The summed E-state index contributed by atoms with van der Waals surface area (Å²) in [5, 5.41) is 2.12. The maximum absolute atomic E-state index is 5.84. The second-order valence-electron chi connectivity index (χ2n) is 3.48. The lowest BCUT2D eigenvalue weighted by atomic mass is 10.3. The van der Waals surface area contributed by atoms with E-state index in [-0.39, 0.29) is 12.4 Å². The van der Waals surface area contributed by atoms with E-state index in [9.17, 15) is 0 Å². The minimum atomic E-state index is 0. The van der Waals surface area contributed by atoms with Crippen molar-refractivity contribution in [1.29, 1.82) is 0 Å². The SMILES string of the molecule is Cl.N[C@H]1CCN(Cc2sccc2Br)C1. The molecule has 2 rings (SSSR count). The molecule has 0 radical (unpaired) electrons. The summed E-state index contributed by atoms with van der Waals surface area (Å²) in [6.45, 7) is 3.24. The largest absolute Gasteiger partial charge is 0.326 e. The van der Waals surface area contributed by atoms with E-state index in [1.54, 1.807) is 0 Å². The zero-order valence-corrected chi connectivity index (χ0v) is 11.0. The van der Waals surface area contributed by atoms with Crippen molar-refractivity contribution < 1.29 is 0 Å². The summed E-state index contributed by atoms with van der Waals surface area (Å²) in [5.41, 5.74) is 5.84. The Morgan fingerprint density at radius 1 is 1.64 bits per heavy atom. The van der Waals surface area contributed by atoms with Crippen molar-refractivity contribution >= 4 is 39.7 Å². The minimum absolute atomic E-state index is 0. The average molecular weight is 298 g/mol. The van der Waals surface area contributed by atoms with Crippen LogP contribution in [0.4, 0.5) is 0 Å². The third-order valence-electron chi connectivity index (χ3n) is 2.37. The summed E-state index contributed by atoms with van der Waals surface area (Å²) in [6.07, 6.45) is 1.14. The molecule has 1 aliphatic rings. The van der Waals surface area contributed by atoms with Gasteiger partial charge in [-0.25, -0.2) is 0 Å². The van der Waals surface area contributed by atoms with Gasteiger partial charge in [-0.1, -0.05) is 0 Å². The van der Waals surface area contributed by atoms with E-state index >= 15 is 0 Å². The molecule has 1 saturated heterocycles. The topological polar surface area (TPSA) is 29.3 Å². The maximum atomic E-state index is 5.84. The average Bonchev–Trinajstić information content (AvgIpc) is 2.64. The lowest BCUT2D eigenvalue weighted by molar-refractivity contribution is 0.329. The molecule has 0 spiro atoms. The molecule has 1 aliphatic heterocycles. The van der Waals surface area contributed by atoms with E-state index in [0.717, 1.165) is 26.1 Å². The molecule has 1 aromatic rings. The van der Waals surface area contributed by atoms with Crippen LogP contribution in [0.3, 0.4) is 0 Å². The van der Waals surface area contributed by atoms with E-state index in [0.29, 0.717) is 6.04 Å². The molecule has 0 unspecified atom stereocenters. The minimum Gasteiger partial charge on any atom is -0.326 e. The van der Waals surface area contributed by atoms with Crippen LogP contribution < -0.4 is 5.73 Å². The molecule has 14 heavy (non-hydrogen) atoms. The summed E-state index contributed by atoms with van der Waals surface area (Å²) in [5.74, 6) is 0. The predicted molar refractivity (Wildman–Crippen MR) is 67.1 cm³/mol. The van der Waals surface area contributed by atoms with Gasteiger partial charge in [0.1, 0.15) is 0 Å². The molecule has 1 atom stereocenters. The first-order valence-corrected chi connectivity index (χ1v) is 6.13. The molecular weight excluding hydrogens is 284 g/mol. The van der Waals surface area contributed by atoms with Gasteiger partial charge in [0.2, 0.25) is 0 Å². The van der Waals surface area contributed by atoms with Gasteiger partial charge in [0, 0.05) is 35.0 Å². The van der Waals surface area contributed by atoms with Crippen LogP contribution in [0.25, 0.3) is 0 Å². The number of thiophene rings is 1. The van der Waals surface area contributed by atoms with Crippen molar-refractivity contribution in [3.8, 4) is 0 Å². The number of nitrogens with zero attached hydrogens (tertiary/aromatic N) is 1. The fraction of sp³-hybridized carbons (Fsp3) is 0.556. The molecular formula is C9H14BrClN2S. The normalized spacial score (nSPS) is 22.3. The molecule has 0 aromatic carbocycles. The summed E-state index contributed by atoms with van der Waals surface area (Å²) in [7, 11) is 0. The first-order chi connectivity index (χ1) is 6.25. The van der Waals surface area contributed by atoms with Crippen molar-refractivity contribution in [3.63, 3.8) is 0 Å². The van der Waals surface area contributed by atoms with E-state index in [2.05, 4.69) is 32.3 Å². The zero-order chi connectivity index (χ0) is 9.26. The van der Waals surface area contributed by atoms with E-state index in [1.807, 2.05) is 11.3 Å². The van der Waals surface area contributed by atoms with Crippen LogP contribution >= 0.6 is 39.7 Å². The smallest absolute Gasteiger partial charge is 0.0339 e. The predicted octanol–water partition coefficient (Wildman–Crippen LogP) is 2.47. The fourth-order valence-corrected chi connectivity index (χ4v) is 3.17. The lowest BCUT2D eigenvalue weighted by Gasteiger charge is -2.13. The Hall–Kier alpha value is 0.390. The molecule has 1 aromatic heterocycles. The van der Waals surface area contributed by atoms with E-state index < -0.39 is 0 Å². The highest BCUT2D eigenvalue weighted by Crippen LogP contribution is 2.25. The van der Waals surface area contributed by atoms with Crippen LogP contribution in [-0.2, 0) is 6.54 Å². The highest BCUT2D eigenvalue weighted by atomic mass is 79.9. The van der Waals surface area contributed by atoms with Crippen molar-refractivity contribution in [2.45, 2.75) is 19.0 Å². The summed E-state index contributed by atoms with van der Waals surface area (Å²) >= 11 is 5.35. The summed E-state index contributed by atoms with van der Waals surface area (Å²) in [4.78, 5) is 3.83. The molecule has 0 saturated carbocycles. The van der Waals surface area contributed by atoms with E-state index in [1.165, 1.54) is 9.35 Å². The molecule has 1 fully saturated rings. The standard InChI is InChI=1S/C9H13BrN2S.ClH/c10-8-2-4-13-9(8)6-12-3-1-7(11)5-12;/h2,4,7H,1,3,5-6,11H2;1H/t7-;/m0./s1. The van der Waals surface area contributed by atoms with Gasteiger partial charge in [0.25, 0.3) is 0 Å². The number of nitrogens with two attached hydrogens (primary N) is 1. The second kappa shape index (κ2) is 5.47. The second-order valence-corrected chi connectivity index (χ2v) is 5.33. The number of halogens is 2. The van der Waals surface area contributed by atoms with Gasteiger partial charge in [-0.05, 0) is 33.8 Å². The van der Waals surface area contributed by atoms with Gasteiger partial charge in [-0.2, -0.15) is 0 Å². The Labute approximate surface area is 103 Å². The van der Waals surface area contributed by atoms with Gasteiger partial charge < -0.3 is 5.73 Å². The van der Waals surface area contributed by atoms with Crippen molar-refractivity contribution in [3.05, 3.63) is 20.8 Å². The molecule has 5 heteroatoms. The van der Waals surface area contributed by atoms with Crippen LogP contribution in [0.5, 0.6) is 0 Å². The highest BCUT2D eigenvalue weighted by molar-refractivity contribution is 9.10. The molecule has 0 amide bonds. The Bertz CT molecular complexity index is 292. The van der Waals surface area contributed by atoms with Gasteiger partial charge in [0.15, 0.2) is 0 Å². The molecule has 2 nitrogen and oxygen atoms in total. The number of likely N-dealkylation sites (tertiary alicyclic amines) is 1. The van der Waals surface area contributed by atoms with Crippen LogP contribution in [0.1, 0.15) is 11.3 Å². The van der Waals surface area contributed by atoms with Crippen molar-refractivity contribution in [1.82, 2.24) is 4.90 Å². The summed E-state index contributed by atoms with van der Waals surface area (Å²) in [6, 6.07) is 2.49. The zero-order valence-electron chi connectivity index (χ0n) is 7.78. The van der Waals surface area contributed by atoms with Gasteiger partial charge in [-0.15, -0.1) is 23.7 Å². The monoisotopic (exact) mass is 296 g/mol. The van der Waals surface area contributed by atoms with Crippen LogP contribution in [-0.4, -0.2) is 24.0 Å². The van der Waals surface area contributed by atoms with E-state index in [4.69, 9.17) is 5.73 Å². The van der Waals surface area contributed by atoms with Crippen LogP contribution in [0.15, 0.2) is 15.9 Å². The Morgan fingerprint density at radius 2 is 2.43 bits per heavy atom. The van der Waals surface area contributed by atoms with Gasteiger partial charge >= 0.3 is 0 Å². The Morgan fingerprint density at radius 3 is 2.93 bits per heavy atom. The molecule has 2 heterocycles. The third-order valence-corrected chi connectivity index (χ3v) is 4.28. The quantitative estimate of drug-likeness (QED) is 0.908. The first kappa shape index (κ1) is 12.5. The number of hydrogen-bond donors (Lipinski definition) is 1. The van der Waals surface area contributed by atoms with Crippen LogP contribution in [0, 0.1) is 0 Å². The summed E-state index contributed by atoms with van der Waals surface area (Å²) < 4.78 is 1.23. The van der Waals surface area contributed by atoms with Crippen molar-refractivity contribution in [2.24, 2.45) is 5.73 Å². The number of rotatable bonds is 2. The van der Waals surface area contributed by atoms with Gasteiger partial charge in [0.05, 0.1) is 0 Å². The third kappa shape index (κ3) is 2.94. The molecule has 0 bridgehead atoms. The molecule has 2 N–H and O–H groups in total. The first-order valence-electron chi connectivity index (χ1n) is 4.45. The van der Waals surface area contributed by atoms with Crippen molar-refractivity contribution in [2.75, 3.05) is 13.1 Å². The Kier molecular flexibility index (Phi) is 4.87. The molecule has 80 valence electrons.